The number of rotatable bonds is 4. The van der Waals surface area contributed by atoms with E-state index >= 15 is 0 Å². The second kappa shape index (κ2) is 5.69. The molecule has 1 aromatic heterocycles. The van der Waals surface area contributed by atoms with Crippen LogP contribution in [-0.2, 0) is 0 Å². The van der Waals surface area contributed by atoms with Gasteiger partial charge in [0.25, 0.3) is 0 Å². The first-order chi connectivity index (χ1) is 9.81. The first kappa shape index (κ1) is 15.2. The summed E-state index contributed by atoms with van der Waals surface area (Å²) in [6, 6.07) is 2.38. The highest BCUT2D eigenvalue weighted by Crippen LogP contribution is 2.31. The van der Waals surface area contributed by atoms with E-state index in [0.717, 1.165) is 21.6 Å². The molecule has 0 saturated heterocycles. The normalized spacial score (nSPS) is 12.2. The van der Waals surface area contributed by atoms with Gasteiger partial charge >= 0.3 is 5.97 Å². The molecule has 2 aromatic rings. The van der Waals surface area contributed by atoms with E-state index in [4.69, 9.17) is 5.73 Å². The second-order valence-electron chi connectivity index (χ2n) is 4.74. The van der Waals surface area contributed by atoms with Gasteiger partial charge in [-0.3, -0.25) is 0 Å². The van der Waals surface area contributed by atoms with Gasteiger partial charge in [-0.15, -0.1) is 11.3 Å². The molecule has 7 heteroatoms. The number of aromatic nitrogens is 1. The van der Waals surface area contributed by atoms with Crippen LogP contribution in [0.3, 0.4) is 0 Å². The molecule has 1 atom stereocenters. The van der Waals surface area contributed by atoms with Crippen LogP contribution in [0.2, 0.25) is 0 Å². The van der Waals surface area contributed by atoms with E-state index in [1.165, 1.54) is 17.4 Å². The average Bonchev–Trinajstić information content (AvgIpc) is 2.72. The number of carboxylic acid groups (broad SMARTS) is 1. The SMILES string of the molecule is Cc1nc(C)c(C(C)Nc2ccc(F)c(N)c2C(=O)O)s1. The number of carboxylic acids is 1. The van der Waals surface area contributed by atoms with Crippen molar-refractivity contribution in [3.8, 4) is 0 Å². The number of nitrogens with two attached hydrogens (primary N) is 1. The van der Waals surface area contributed by atoms with Crippen molar-refractivity contribution < 1.29 is 14.3 Å². The topological polar surface area (TPSA) is 88.2 Å². The fraction of sp³-hybridized carbons (Fsp3) is 0.286. The van der Waals surface area contributed by atoms with Crippen molar-refractivity contribution in [2.45, 2.75) is 26.8 Å². The summed E-state index contributed by atoms with van der Waals surface area (Å²) in [7, 11) is 0. The number of benzene rings is 1. The van der Waals surface area contributed by atoms with Crippen molar-refractivity contribution in [1.82, 2.24) is 4.98 Å². The number of nitrogens with one attached hydrogen (secondary N) is 1. The van der Waals surface area contributed by atoms with Crippen molar-refractivity contribution >= 4 is 28.7 Å². The highest BCUT2D eigenvalue weighted by atomic mass is 32.1. The molecule has 1 heterocycles. The predicted molar refractivity (Wildman–Crippen MR) is 81.4 cm³/mol. The highest BCUT2D eigenvalue weighted by molar-refractivity contribution is 7.11. The Morgan fingerprint density at radius 3 is 2.67 bits per heavy atom. The molecule has 0 saturated carbocycles. The Kier molecular flexibility index (Phi) is 4.13. The summed E-state index contributed by atoms with van der Waals surface area (Å²) in [5.74, 6) is -2.01. The summed E-state index contributed by atoms with van der Waals surface area (Å²) < 4.78 is 13.4. The lowest BCUT2D eigenvalue weighted by atomic mass is 10.1. The summed E-state index contributed by atoms with van der Waals surface area (Å²) in [6.07, 6.45) is 0. The molecule has 0 radical (unpaired) electrons. The largest absolute Gasteiger partial charge is 0.478 e. The van der Waals surface area contributed by atoms with Gasteiger partial charge in [-0.1, -0.05) is 0 Å². The summed E-state index contributed by atoms with van der Waals surface area (Å²) in [5, 5.41) is 13.2. The lowest BCUT2D eigenvalue weighted by molar-refractivity contribution is 0.0698. The molecule has 1 aromatic carbocycles. The molecular formula is C14H16FN3O2S. The smallest absolute Gasteiger partial charge is 0.340 e. The van der Waals surface area contributed by atoms with Gasteiger partial charge in [-0.25, -0.2) is 14.2 Å². The molecule has 0 aliphatic carbocycles. The molecule has 4 N–H and O–H groups in total. The third kappa shape index (κ3) is 2.97. The number of aromatic carboxylic acids is 1. The van der Waals surface area contributed by atoms with Crippen LogP contribution in [0.5, 0.6) is 0 Å². The Morgan fingerprint density at radius 2 is 2.14 bits per heavy atom. The standard InChI is InChI=1S/C14H16FN3O2S/c1-6-13(21-8(3)17-6)7(2)18-10-5-4-9(15)12(16)11(10)14(19)20/h4-5,7,18H,16H2,1-3H3,(H,19,20). The van der Waals surface area contributed by atoms with Gasteiger partial charge in [0, 0.05) is 4.88 Å². The van der Waals surface area contributed by atoms with Crippen molar-refractivity contribution in [2.24, 2.45) is 0 Å². The summed E-state index contributed by atoms with van der Waals surface area (Å²) >= 11 is 1.54. The van der Waals surface area contributed by atoms with E-state index in [1.54, 1.807) is 0 Å². The third-order valence-corrected chi connectivity index (χ3v) is 4.37. The molecule has 0 aliphatic rings. The zero-order valence-corrected chi connectivity index (χ0v) is 12.7. The summed E-state index contributed by atoms with van der Waals surface area (Å²) in [5.41, 5.74) is 6.10. The number of hydrogen-bond acceptors (Lipinski definition) is 5. The second-order valence-corrected chi connectivity index (χ2v) is 5.97. The quantitative estimate of drug-likeness (QED) is 0.754. The van der Waals surface area contributed by atoms with Crippen molar-refractivity contribution in [1.29, 1.82) is 0 Å². The maximum absolute atomic E-state index is 13.4. The van der Waals surface area contributed by atoms with E-state index < -0.39 is 11.8 Å². The van der Waals surface area contributed by atoms with Crippen molar-refractivity contribution in [3.05, 3.63) is 39.1 Å². The average molecular weight is 309 g/mol. The molecule has 0 fully saturated rings. The molecule has 1 unspecified atom stereocenters. The van der Waals surface area contributed by atoms with Gasteiger partial charge in [0.1, 0.15) is 11.4 Å². The monoisotopic (exact) mass is 309 g/mol. The van der Waals surface area contributed by atoms with E-state index in [9.17, 15) is 14.3 Å². The molecule has 0 amide bonds. The number of carbonyl (C=O) groups is 1. The predicted octanol–water partition coefficient (Wildman–Crippen LogP) is 3.35. The first-order valence-corrected chi connectivity index (χ1v) is 7.14. The number of aryl methyl sites for hydroxylation is 2. The molecule has 5 nitrogen and oxygen atoms in total. The lowest BCUT2D eigenvalue weighted by Crippen LogP contribution is -2.13. The van der Waals surface area contributed by atoms with Crippen LogP contribution in [0, 0.1) is 19.7 Å². The van der Waals surface area contributed by atoms with Gasteiger partial charge in [0.05, 0.1) is 28.1 Å². The molecule has 112 valence electrons. The minimum absolute atomic E-state index is 0.154. The third-order valence-electron chi connectivity index (χ3n) is 3.11. The number of hydrogen-bond donors (Lipinski definition) is 3. The van der Waals surface area contributed by atoms with Gasteiger partial charge in [-0.2, -0.15) is 0 Å². The Bertz CT molecular complexity index is 700. The molecule has 2 rings (SSSR count). The highest BCUT2D eigenvalue weighted by Gasteiger charge is 2.20. The first-order valence-electron chi connectivity index (χ1n) is 6.33. The Balaban J connectivity index is 2.38. The number of anilines is 2. The molecule has 21 heavy (non-hydrogen) atoms. The van der Waals surface area contributed by atoms with Crippen LogP contribution in [0.4, 0.5) is 15.8 Å². The van der Waals surface area contributed by atoms with E-state index in [0.29, 0.717) is 5.69 Å². The van der Waals surface area contributed by atoms with Crippen molar-refractivity contribution in [2.75, 3.05) is 11.1 Å². The zero-order valence-electron chi connectivity index (χ0n) is 11.9. The summed E-state index contributed by atoms with van der Waals surface area (Å²) in [4.78, 5) is 16.6. The lowest BCUT2D eigenvalue weighted by Gasteiger charge is -2.17. The molecule has 0 aliphatic heterocycles. The van der Waals surface area contributed by atoms with Gasteiger partial charge < -0.3 is 16.2 Å². The number of halogens is 1. The van der Waals surface area contributed by atoms with Crippen LogP contribution in [0.25, 0.3) is 0 Å². The maximum atomic E-state index is 13.4. The molecular weight excluding hydrogens is 293 g/mol. The minimum atomic E-state index is -1.26. The fourth-order valence-corrected chi connectivity index (χ4v) is 3.12. The van der Waals surface area contributed by atoms with Gasteiger partial charge in [0.15, 0.2) is 0 Å². The number of thiazole rings is 1. The summed E-state index contributed by atoms with van der Waals surface area (Å²) in [6.45, 7) is 5.70. The van der Waals surface area contributed by atoms with E-state index in [2.05, 4.69) is 10.3 Å². The van der Waals surface area contributed by atoms with E-state index in [1.807, 2.05) is 20.8 Å². The van der Waals surface area contributed by atoms with Crippen LogP contribution in [-0.4, -0.2) is 16.1 Å². The van der Waals surface area contributed by atoms with Crippen LogP contribution in [0.1, 0.15) is 38.9 Å². The van der Waals surface area contributed by atoms with Crippen molar-refractivity contribution in [3.63, 3.8) is 0 Å². The fourth-order valence-electron chi connectivity index (χ4n) is 2.19. The molecule has 0 spiro atoms. The Morgan fingerprint density at radius 1 is 1.48 bits per heavy atom. The van der Waals surface area contributed by atoms with Crippen LogP contribution >= 0.6 is 11.3 Å². The number of nitrogens with zero attached hydrogens (tertiary/aromatic N) is 1. The van der Waals surface area contributed by atoms with Gasteiger partial charge in [-0.05, 0) is 32.9 Å². The van der Waals surface area contributed by atoms with Crippen LogP contribution in [0.15, 0.2) is 12.1 Å². The number of nitrogen functional groups attached to an aromatic ring is 1. The van der Waals surface area contributed by atoms with Gasteiger partial charge in [0.2, 0.25) is 0 Å². The minimum Gasteiger partial charge on any atom is -0.478 e. The molecule has 0 bridgehead atoms. The Hall–Kier alpha value is -2.15. The van der Waals surface area contributed by atoms with Crippen LogP contribution < -0.4 is 11.1 Å². The maximum Gasteiger partial charge on any atom is 0.340 e. The zero-order chi connectivity index (χ0) is 15.7. The Labute approximate surface area is 125 Å². The van der Waals surface area contributed by atoms with E-state index in [-0.39, 0.29) is 17.3 Å².